The van der Waals surface area contributed by atoms with Gasteiger partial charge in [-0.05, 0) is 37.8 Å². The molecule has 4 nitrogen and oxygen atoms in total. The van der Waals surface area contributed by atoms with Crippen LogP contribution in [-0.2, 0) is 4.79 Å². The summed E-state index contributed by atoms with van der Waals surface area (Å²) < 4.78 is 41.4. The smallest absolute Gasteiger partial charge is 0.387 e. The summed E-state index contributed by atoms with van der Waals surface area (Å²) in [4.78, 5) is 12.0. The first-order valence-corrected chi connectivity index (χ1v) is 6.15. The third kappa shape index (κ3) is 3.22. The number of hydrogen-bond acceptors (Lipinski definition) is 3. The summed E-state index contributed by atoms with van der Waals surface area (Å²) in [6.45, 7) is -1.49. The molecule has 1 saturated carbocycles. The van der Waals surface area contributed by atoms with Crippen molar-refractivity contribution in [2.45, 2.75) is 31.9 Å². The van der Waals surface area contributed by atoms with Crippen molar-refractivity contribution in [2.24, 2.45) is 11.7 Å². The van der Waals surface area contributed by atoms with Crippen molar-refractivity contribution in [3.05, 3.63) is 24.0 Å². The molecule has 1 aliphatic carbocycles. The minimum Gasteiger partial charge on any atom is -0.432 e. The summed E-state index contributed by atoms with van der Waals surface area (Å²) in [5.74, 6) is -1.86. The van der Waals surface area contributed by atoms with Gasteiger partial charge in [-0.3, -0.25) is 4.79 Å². The molecule has 7 heteroatoms. The number of carbonyl (C=O) groups is 1. The van der Waals surface area contributed by atoms with Crippen LogP contribution in [0.15, 0.2) is 18.2 Å². The van der Waals surface area contributed by atoms with Gasteiger partial charge in [0.05, 0.1) is 5.54 Å². The number of alkyl halides is 2. The molecule has 3 N–H and O–H groups in total. The quantitative estimate of drug-likeness (QED) is 0.875. The van der Waals surface area contributed by atoms with E-state index in [1.807, 2.05) is 0 Å². The van der Waals surface area contributed by atoms with Crippen LogP contribution in [0.25, 0.3) is 0 Å². The van der Waals surface area contributed by atoms with Gasteiger partial charge in [-0.25, -0.2) is 4.39 Å². The first-order valence-electron chi connectivity index (χ1n) is 6.15. The number of amides is 1. The van der Waals surface area contributed by atoms with Crippen LogP contribution < -0.4 is 15.8 Å². The van der Waals surface area contributed by atoms with Crippen molar-refractivity contribution in [3.8, 4) is 5.75 Å². The molecule has 1 unspecified atom stereocenters. The summed E-state index contributed by atoms with van der Waals surface area (Å²) in [6.07, 6.45) is 1.77. The third-order valence-electron chi connectivity index (χ3n) is 3.32. The predicted octanol–water partition coefficient (Wildman–Crippen LogP) is 2.49. The number of ether oxygens (including phenoxy) is 1. The summed E-state index contributed by atoms with van der Waals surface area (Å²) in [7, 11) is 0. The van der Waals surface area contributed by atoms with E-state index in [2.05, 4.69) is 10.1 Å². The predicted molar refractivity (Wildman–Crippen MR) is 67.0 cm³/mol. The van der Waals surface area contributed by atoms with Crippen molar-refractivity contribution >= 4 is 11.6 Å². The van der Waals surface area contributed by atoms with E-state index in [0.717, 1.165) is 25.0 Å². The lowest BCUT2D eigenvalue weighted by Gasteiger charge is -2.23. The van der Waals surface area contributed by atoms with E-state index in [9.17, 15) is 18.0 Å². The summed E-state index contributed by atoms with van der Waals surface area (Å²) in [6, 6.07) is 3.22. The molecular weight excluding hydrogens is 273 g/mol. The lowest BCUT2D eigenvalue weighted by molar-refractivity contribution is -0.121. The maximum absolute atomic E-state index is 13.5. The van der Waals surface area contributed by atoms with Gasteiger partial charge in [0.1, 0.15) is 0 Å². The highest BCUT2D eigenvalue weighted by Gasteiger charge is 2.44. The molecule has 0 heterocycles. The molecule has 1 aliphatic rings. The van der Waals surface area contributed by atoms with Gasteiger partial charge in [0.25, 0.3) is 0 Å². The molecule has 0 spiro atoms. The highest BCUT2D eigenvalue weighted by molar-refractivity contribution is 5.98. The number of nitrogens with one attached hydrogen (secondary N) is 1. The van der Waals surface area contributed by atoms with Gasteiger partial charge in [-0.1, -0.05) is 0 Å². The molecular formula is C13H15F3N2O2. The van der Waals surface area contributed by atoms with Crippen molar-refractivity contribution in [1.82, 2.24) is 0 Å². The SMILES string of the molecule is CC(N)(C(=O)Nc1ccc(OC(F)F)c(F)c1)C1CC1. The molecule has 2 rings (SSSR count). The summed E-state index contributed by atoms with van der Waals surface area (Å²) >= 11 is 0. The molecule has 1 atom stereocenters. The zero-order valence-electron chi connectivity index (χ0n) is 10.8. The van der Waals surface area contributed by atoms with Crippen LogP contribution in [-0.4, -0.2) is 18.1 Å². The number of hydrogen-bond donors (Lipinski definition) is 2. The van der Waals surface area contributed by atoms with Gasteiger partial charge in [0.2, 0.25) is 5.91 Å². The van der Waals surface area contributed by atoms with Gasteiger partial charge in [0.15, 0.2) is 11.6 Å². The Kier molecular flexibility index (Phi) is 3.89. The standard InChI is InChI=1S/C13H15F3N2O2/c1-13(17,7-2-3-7)11(19)18-8-4-5-10(9(14)6-8)20-12(15)16/h4-7,12H,2-3,17H2,1H3,(H,18,19). The molecule has 1 fully saturated rings. The molecule has 0 saturated heterocycles. The van der Waals surface area contributed by atoms with Crippen LogP contribution >= 0.6 is 0 Å². The highest BCUT2D eigenvalue weighted by atomic mass is 19.3. The van der Waals surface area contributed by atoms with Crippen molar-refractivity contribution in [1.29, 1.82) is 0 Å². The Morgan fingerprint density at radius 1 is 1.50 bits per heavy atom. The van der Waals surface area contributed by atoms with Crippen LogP contribution in [0.1, 0.15) is 19.8 Å². The Hall–Kier alpha value is -1.76. The van der Waals surface area contributed by atoms with Crippen molar-refractivity contribution in [3.63, 3.8) is 0 Å². The molecule has 110 valence electrons. The fourth-order valence-corrected chi connectivity index (χ4v) is 1.90. The molecule has 1 aromatic carbocycles. The van der Waals surface area contributed by atoms with E-state index in [0.29, 0.717) is 0 Å². The minimum atomic E-state index is -3.10. The number of carbonyl (C=O) groups excluding carboxylic acids is 1. The van der Waals surface area contributed by atoms with E-state index >= 15 is 0 Å². The number of benzene rings is 1. The second-order valence-corrected chi connectivity index (χ2v) is 5.03. The van der Waals surface area contributed by atoms with Crippen LogP contribution in [0.3, 0.4) is 0 Å². The fraction of sp³-hybridized carbons (Fsp3) is 0.462. The Morgan fingerprint density at radius 2 is 2.15 bits per heavy atom. The lowest BCUT2D eigenvalue weighted by Crippen LogP contribution is -2.50. The first-order chi connectivity index (χ1) is 9.30. The number of rotatable bonds is 5. The van der Waals surface area contributed by atoms with E-state index in [-0.39, 0.29) is 11.6 Å². The lowest BCUT2D eigenvalue weighted by atomic mass is 9.96. The van der Waals surface area contributed by atoms with Gasteiger partial charge >= 0.3 is 6.61 Å². The molecule has 1 aromatic rings. The van der Waals surface area contributed by atoms with Crippen molar-refractivity contribution < 1.29 is 22.7 Å². The van der Waals surface area contributed by atoms with Crippen LogP contribution in [0.5, 0.6) is 5.75 Å². The van der Waals surface area contributed by atoms with E-state index in [1.54, 1.807) is 6.92 Å². The molecule has 0 bridgehead atoms. The Labute approximate surface area is 114 Å². The van der Waals surface area contributed by atoms with E-state index < -0.39 is 29.6 Å². The molecule has 0 aliphatic heterocycles. The third-order valence-corrected chi connectivity index (χ3v) is 3.32. The largest absolute Gasteiger partial charge is 0.432 e. The van der Waals surface area contributed by atoms with Gasteiger partial charge in [-0.2, -0.15) is 8.78 Å². The zero-order valence-corrected chi connectivity index (χ0v) is 10.8. The average molecular weight is 288 g/mol. The second kappa shape index (κ2) is 5.32. The Bertz CT molecular complexity index is 516. The summed E-state index contributed by atoms with van der Waals surface area (Å²) in [5.41, 5.74) is 5.04. The minimum absolute atomic E-state index is 0.119. The maximum atomic E-state index is 13.5. The van der Waals surface area contributed by atoms with Gasteiger partial charge in [0, 0.05) is 11.8 Å². The fourth-order valence-electron chi connectivity index (χ4n) is 1.90. The van der Waals surface area contributed by atoms with Crippen LogP contribution in [0.4, 0.5) is 18.9 Å². The molecule has 1 amide bonds. The maximum Gasteiger partial charge on any atom is 0.387 e. The van der Waals surface area contributed by atoms with Crippen molar-refractivity contribution in [2.75, 3.05) is 5.32 Å². The van der Waals surface area contributed by atoms with E-state index in [4.69, 9.17) is 5.73 Å². The number of nitrogens with two attached hydrogens (primary N) is 1. The van der Waals surface area contributed by atoms with Crippen LogP contribution in [0.2, 0.25) is 0 Å². The zero-order chi connectivity index (χ0) is 14.9. The topological polar surface area (TPSA) is 64.4 Å². The second-order valence-electron chi connectivity index (χ2n) is 5.03. The monoisotopic (exact) mass is 288 g/mol. The first kappa shape index (κ1) is 14.6. The number of halogens is 3. The summed E-state index contributed by atoms with van der Waals surface area (Å²) in [5, 5.41) is 2.48. The Morgan fingerprint density at radius 3 is 2.65 bits per heavy atom. The average Bonchev–Trinajstić information content (AvgIpc) is 3.16. The molecule has 20 heavy (non-hydrogen) atoms. The highest BCUT2D eigenvalue weighted by Crippen LogP contribution is 2.38. The van der Waals surface area contributed by atoms with E-state index in [1.165, 1.54) is 6.07 Å². The van der Waals surface area contributed by atoms with Gasteiger partial charge in [-0.15, -0.1) is 0 Å². The number of anilines is 1. The van der Waals surface area contributed by atoms with Crippen LogP contribution in [0, 0.1) is 11.7 Å². The Balaban J connectivity index is 2.06. The molecule has 0 radical (unpaired) electrons. The van der Waals surface area contributed by atoms with Gasteiger partial charge < -0.3 is 15.8 Å². The normalized spacial score (nSPS) is 17.7. The molecule has 0 aromatic heterocycles.